The third-order valence-corrected chi connectivity index (χ3v) is 7.16. The van der Waals surface area contributed by atoms with Crippen molar-refractivity contribution in [3.8, 4) is 0 Å². The summed E-state index contributed by atoms with van der Waals surface area (Å²) in [6.07, 6.45) is 16.3. The van der Waals surface area contributed by atoms with Gasteiger partial charge in [-0.15, -0.1) is 0 Å². The molecule has 0 bridgehead atoms. The van der Waals surface area contributed by atoms with Gasteiger partial charge in [0.15, 0.2) is 0 Å². The summed E-state index contributed by atoms with van der Waals surface area (Å²) >= 11 is 0. The number of hydrogen-bond donors (Lipinski definition) is 2. The molecule has 2 aliphatic carbocycles. The molecule has 2 aliphatic rings. The highest BCUT2D eigenvalue weighted by molar-refractivity contribution is 5.03. The SMILES string of the molecule is CC(CC(C)(C)CCN)C(N)(C1CCCCC1)C1CCCCC1. The van der Waals surface area contributed by atoms with Gasteiger partial charge in [0, 0.05) is 5.54 Å². The van der Waals surface area contributed by atoms with E-state index in [2.05, 4.69) is 20.8 Å². The molecule has 1 unspecified atom stereocenters. The summed E-state index contributed by atoms with van der Waals surface area (Å²) in [6, 6.07) is 0. The van der Waals surface area contributed by atoms with Crippen molar-refractivity contribution in [2.45, 2.75) is 103 Å². The van der Waals surface area contributed by atoms with Crippen LogP contribution in [0, 0.1) is 23.2 Å². The Bertz CT molecular complexity index is 320. The van der Waals surface area contributed by atoms with Gasteiger partial charge in [-0.25, -0.2) is 0 Å². The van der Waals surface area contributed by atoms with Gasteiger partial charge in [0.2, 0.25) is 0 Å². The largest absolute Gasteiger partial charge is 0.330 e. The molecule has 2 rings (SSSR count). The Morgan fingerprint density at radius 1 is 0.870 bits per heavy atom. The van der Waals surface area contributed by atoms with E-state index in [0.29, 0.717) is 11.3 Å². The fourth-order valence-corrected chi connectivity index (χ4v) is 5.84. The van der Waals surface area contributed by atoms with E-state index in [4.69, 9.17) is 11.5 Å². The van der Waals surface area contributed by atoms with Crippen molar-refractivity contribution in [2.24, 2.45) is 34.6 Å². The molecule has 4 N–H and O–H groups in total. The van der Waals surface area contributed by atoms with E-state index in [1.807, 2.05) is 0 Å². The summed E-state index contributed by atoms with van der Waals surface area (Å²) in [5, 5.41) is 0. The molecule has 23 heavy (non-hydrogen) atoms. The van der Waals surface area contributed by atoms with Gasteiger partial charge in [-0.1, -0.05) is 59.3 Å². The average Bonchev–Trinajstić information content (AvgIpc) is 2.55. The molecule has 2 saturated carbocycles. The van der Waals surface area contributed by atoms with E-state index in [-0.39, 0.29) is 5.54 Å². The van der Waals surface area contributed by atoms with Crippen LogP contribution < -0.4 is 11.5 Å². The Kier molecular flexibility index (Phi) is 6.98. The molecule has 0 aromatic carbocycles. The first-order valence-electron chi connectivity index (χ1n) is 10.4. The standard InChI is InChI=1S/C21H42N2/c1-17(16-20(2,3)14-15-22)21(23,18-10-6-4-7-11-18)19-12-8-5-9-13-19/h17-19H,4-16,22-23H2,1-3H3. The molecular weight excluding hydrogens is 280 g/mol. The normalized spacial score (nSPS) is 23.9. The van der Waals surface area contributed by atoms with Crippen molar-refractivity contribution in [3.63, 3.8) is 0 Å². The third kappa shape index (κ3) is 4.72. The molecule has 2 heteroatoms. The van der Waals surface area contributed by atoms with Gasteiger partial charge in [-0.05, 0) is 68.2 Å². The predicted molar refractivity (Wildman–Crippen MR) is 101 cm³/mol. The van der Waals surface area contributed by atoms with Crippen LogP contribution in [0.2, 0.25) is 0 Å². The Morgan fingerprint density at radius 2 is 1.30 bits per heavy atom. The molecular formula is C21H42N2. The van der Waals surface area contributed by atoms with Crippen LogP contribution in [-0.2, 0) is 0 Å². The maximum Gasteiger partial charge on any atom is 0.0237 e. The van der Waals surface area contributed by atoms with Crippen molar-refractivity contribution in [2.75, 3.05) is 6.54 Å². The zero-order valence-corrected chi connectivity index (χ0v) is 16.1. The molecule has 2 nitrogen and oxygen atoms in total. The minimum Gasteiger partial charge on any atom is -0.330 e. The monoisotopic (exact) mass is 322 g/mol. The van der Waals surface area contributed by atoms with Crippen LogP contribution in [-0.4, -0.2) is 12.1 Å². The summed E-state index contributed by atoms with van der Waals surface area (Å²) in [5.41, 5.74) is 13.6. The minimum absolute atomic E-state index is 0.0622. The van der Waals surface area contributed by atoms with Crippen molar-refractivity contribution in [3.05, 3.63) is 0 Å². The van der Waals surface area contributed by atoms with Gasteiger partial charge < -0.3 is 11.5 Å². The van der Waals surface area contributed by atoms with E-state index in [9.17, 15) is 0 Å². The second-order valence-electron chi connectivity index (χ2n) is 9.48. The van der Waals surface area contributed by atoms with E-state index in [0.717, 1.165) is 24.8 Å². The molecule has 1 atom stereocenters. The summed E-state index contributed by atoms with van der Waals surface area (Å²) in [4.78, 5) is 0. The zero-order valence-electron chi connectivity index (χ0n) is 16.1. The second-order valence-corrected chi connectivity index (χ2v) is 9.48. The summed E-state index contributed by atoms with van der Waals surface area (Å²) in [7, 11) is 0. The molecule has 0 aromatic heterocycles. The first-order chi connectivity index (χ1) is 10.9. The van der Waals surface area contributed by atoms with E-state index < -0.39 is 0 Å². The lowest BCUT2D eigenvalue weighted by molar-refractivity contribution is 0.0358. The fourth-order valence-electron chi connectivity index (χ4n) is 5.84. The smallest absolute Gasteiger partial charge is 0.0237 e. The molecule has 0 spiro atoms. The topological polar surface area (TPSA) is 52.0 Å². The first-order valence-corrected chi connectivity index (χ1v) is 10.4. The summed E-state index contributed by atoms with van der Waals surface area (Å²) in [5.74, 6) is 2.11. The lowest BCUT2D eigenvalue weighted by atomic mass is 9.57. The second kappa shape index (κ2) is 8.34. The van der Waals surface area contributed by atoms with Crippen LogP contribution in [0.3, 0.4) is 0 Å². The van der Waals surface area contributed by atoms with Gasteiger partial charge in [0.1, 0.15) is 0 Å². The highest BCUT2D eigenvalue weighted by Crippen LogP contribution is 2.48. The summed E-state index contributed by atoms with van der Waals surface area (Å²) < 4.78 is 0. The Morgan fingerprint density at radius 3 is 1.70 bits per heavy atom. The maximum absolute atomic E-state index is 7.36. The molecule has 136 valence electrons. The molecule has 0 aromatic rings. The van der Waals surface area contributed by atoms with Crippen LogP contribution >= 0.6 is 0 Å². The quantitative estimate of drug-likeness (QED) is 0.673. The molecule has 0 radical (unpaired) electrons. The van der Waals surface area contributed by atoms with Gasteiger partial charge >= 0.3 is 0 Å². The molecule has 0 heterocycles. The van der Waals surface area contributed by atoms with Crippen molar-refractivity contribution in [1.29, 1.82) is 0 Å². The Balaban J connectivity index is 2.17. The lowest BCUT2D eigenvalue weighted by Gasteiger charge is -2.52. The van der Waals surface area contributed by atoms with Gasteiger partial charge in [-0.2, -0.15) is 0 Å². The molecule has 0 saturated heterocycles. The first kappa shape index (κ1) is 19.2. The average molecular weight is 323 g/mol. The molecule has 0 amide bonds. The number of hydrogen-bond acceptors (Lipinski definition) is 2. The van der Waals surface area contributed by atoms with Crippen molar-refractivity contribution < 1.29 is 0 Å². The van der Waals surface area contributed by atoms with Crippen LogP contribution in [0.15, 0.2) is 0 Å². The van der Waals surface area contributed by atoms with Gasteiger partial charge in [0.05, 0.1) is 0 Å². The van der Waals surface area contributed by atoms with Crippen LogP contribution in [0.4, 0.5) is 0 Å². The minimum atomic E-state index is 0.0622. The van der Waals surface area contributed by atoms with Gasteiger partial charge in [-0.3, -0.25) is 0 Å². The highest BCUT2D eigenvalue weighted by Gasteiger charge is 2.47. The van der Waals surface area contributed by atoms with Crippen LogP contribution in [0.1, 0.15) is 97.8 Å². The predicted octanol–water partition coefficient (Wildman–Crippen LogP) is 5.25. The maximum atomic E-state index is 7.36. The van der Waals surface area contributed by atoms with Crippen molar-refractivity contribution >= 4 is 0 Å². The summed E-state index contributed by atoms with van der Waals surface area (Å²) in [6.45, 7) is 8.03. The Labute approximate surface area is 145 Å². The van der Waals surface area contributed by atoms with Crippen LogP contribution in [0.5, 0.6) is 0 Å². The molecule has 0 aliphatic heterocycles. The highest BCUT2D eigenvalue weighted by atomic mass is 14.8. The molecule has 2 fully saturated rings. The van der Waals surface area contributed by atoms with Crippen LogP contribution in [0.25, 0.3) is 0 Å². The van der Waals surface area contributed by atoms with Gasteiger partial charge in [0.25, 0.3) is 0 Å². The number of nitrogens with two attached hydrogens (primary N) is 2. The van der Waals surface area contributed by atoms with E-state index in [1.165, 1.54) is 70.6 Å². The Hall–Kier alpha value is -0.0800. The van der Waals surface area contributed by atoms with E-state index >= 15 is 0 Å². The van der Waals surface area contributed by atoms with Crippen molar-refractivity contribution in [1.82, 2.24) is 0 Å². The zero-order chi connectivity index (χ0) is 16.9. The third-order valence-electron chi connectivity index (χ3n) is 7.16. The van der Waals surface area contributed by atoms with E-state index in [1.54, 1.807) is 0 Å². The lowest BCUT2D eigenvalue weighted by Crippen LogP contribution is -2.59. The fraction of sp³-hybridized carbons (Fsp3) is 1.00. The number of rotatable bonds is 7.